The van der Waals surface area contributed by atoms with E-state index in [0.717, 1.165) is 0 Å². The zero-order chi connectivity index (χ0) is 22.7. The first-order valence-electron chi connectivity index (χ1n) is 8.86. The summed E-state index contributed by atoms with van der Waals surface area (Å²) in [5.74, 6) is -4.98. The van der Waals surface area contributed by atoms with Crippen LogP contribution in [0.25, 0.3) is 0 Å². The van der Waals surface area contributed by atoms with Crippen molar-refractivity contribution in [1.82, 2.24) is 16.0 Å². The van der Waals surface area contributed by atoms with E-state index in [9.17, 15) is 24.0 Å². The highest BCUT2D eigenvalue weighted by molar-refractivity contribution is 7.80. The van der Waals surface area contributed by atoms with E-state index < -0.39 is 60.8 Å². The Morgan fingerprint density at radius 1 is 0.967 bits per heavy atom. The Labute approximate surface area is 177 Å². The number of benzene rings is 1. The fourth-order valence-electron chi connectivity index (χ4n) is 2.34. The predicted molar refractivity (Wildman–Crippen MR) is 109 cm³/mol. The van der Waals surface area contributed by atoms with Crippen LogP contribution in [0.1, 0.15) is 12.0 Å². The number of hydrogen-bond donors (Lipinski definition) is 7. The molecule has 3 unspecified atom stereocenters. The summed E-state index contributed by atoms with van der Waals surface area (Å²) in [6.07, 6.45) is -0.553. The maximum atomic E-state index is 12.5. The van der Waals surface area contributed by atoms with Crippen LogP contribution in [0.15, 0.2) is 30.3 Å². The van der Waals surface area contributed by atoms with E-state index in [1.807, 2.05) is 0 Å². The molecule has 0 saturated carbocycles. The smallest absolute Gasteiger partial charge is 0.327 e. The molecule has 0 radical (unpaired) electrons. The van der Waals surface area contributed by atoms with Crippen molar-refractivity contribution in [3.8, 4) is 0 Å². The number of aliphatic carboxylic acids is 2. The molecule has 30 heavy (non-hydrogen) atoms. The van der Waals surface area contributed by atoms with E-state index in [-0.39, 0.29) is 12.2 Å². The molecule has 1 aromatic carbocycles. The van der Waals surface area contributed by atoms with Crippen molar-refractivity contribution in [1.29, 1.82) is 0 Å². The van der Waals surface area contributed by atoms with Crippen LogP contribution in [0.2, 0.25) is 0 Å². The average molecular weight is 440 g/mol. The van der Waals surface area contributed by atoms with E-state index in [1.165, 1.54) is 0 Å². The molecule has 0 heterocycles. The van der Waals surface area contributed by atoms with Crippen LogP contribution in [0.4, 0.5) is 0 Å². The van der Waals surface area contributed by atoms with Gasteiger partial charge in [0, 0.05) is 12.2 Å². The molecule has 0 spiro atoms. The lowest BCUT2D eigenvalue weighted by molar-refractivity contribution is -0.141. The lowest BCUT2D eigenvalue weighted by Gasteiger charge is -2.20. The van der Waals surface area contributed by atoms with Crippen molar-refractivity contribution in [2.45, 2.75) is 31.0 Å². The van der Waals surface area contributed by atoms with Gasteiger partial charge in [0.1, 0.15) is 12.1 Å². The lowest BCUT2D eigenvalue weighted by atomic mass is 10.0. The first-order valence-corrected chi connectivity index (χ1v) is 9.49. The maximum absolute atomic E-state index is 12.5. The zero-order valence-corrected chi connectivity index (χ0v) is 16.8. The number of nitrogens with one attached hydrogen (secondary N) is 3. The highest BCUT2D eigenvalue weighted by Gasteiger charge is 2.26. The molecule has 0 aliphatic carbocycles. The van der Waals surface area contributed by atoms with E-state index >= 15 is 0 Å². The SMILES string of the molecule is NC(CC(=O)O)C(=O)NC(Cc1ccccc1)C(=O)NCC(=O)NC(CS)C(=O)O. The van der Waals surface area contributed by atoms with Gasteiger partial charge in [-0.3, -0.25) is 19.2 Å². The minimum atomic E-state index is -1.36. The van der Waals surface area contributed by atoms with Gasteiger partial charge in [0.15, 0.2) is 0 Å². The third kappa shape index (κ3) is 8.92. The third-order valence-electron chi connectivity index (χ3n) is 3.89. The molecule has 0 aliphatic rings. The third-order valence-corrected chi connectivity index (χ3v) is 4.25. The monoisotopic (exact) mass is 440 g/mol. The molecule has 3 atom stereocenters. The van der Waals surface area contributed by atoms with Crippen LogP contribution in [0.5, 0.6) is 0 Å². The Kier molecular flexibility index (Phi) is 10.3. The van der Waals surface area contributed by atoms with Crippen LogP contribution >= 0.6 is 12.6 Å². The molecule has 0 saturated heterocycles. The van der Waals surface area contributed by atoms with Crippen LogP contribution < -0.4 is 21.7 Å². The molecule has 0 aliphatic heterocycles. The first-order chi connectivity index (χ1) is 14.1. The molecular weight excluding hydrogens is 416 g/mol. The van der Waals surface area contributed by atoms with E-state index in [4.69, 9.17) is 15.9 Å². The second-order valence-electron chi connectivity index (χ2n) is 6.31. The molecule has 164 valence electrons. The number of carbonyl (C=O) groups excluding carboxylic acids is 3. The summed E-state index contributed by atoms with van der Waals surface area (Å²) in [6, 6.07) is 4.98. The Morgan fingerprint density at radius 2 is 1.60 bits per heavy atom. The minimum absolute atomic E-state index is 0.0637. The first kappa shape index (κ1) is 24.9. The predicted octanol–water partition coefficient (Wildman–Crippen LogP) is -1.87. The molecule has 12 heteroatoms. The lowest BCUT2D eigenvalue weighted by Crippen LogP contribution is -2.54. The maximum Gasteiger partial charge on any atom is 0.327 e. The Balaban J connectivity index is 2.78. The van der Waals surface area contributed by atoms with Crippen LogP contribution in [0.3, 0.4) is 0 Å². The van der Waals surface area contributed by atoms with Crippen molar-refractivity contribution in [3.05, 3.63) is 35.9 Å². The summed E-state index contributed by atoms with van der Waals surface area (Å²) in [5.41, 5.74) is 6.23. The number of nitrogens with two attached hydrogens (primary N) is 1. The van der Waals surface area contributed by atoms with E-state index in [2.05, 4.69) is 28.6 Å². The summed E-state index contributed by atoms with van der Waals surface area (Å²) in [5, 5.41) is 24.6. The Bertz CT molecular complexity index is 775. The molecule has 11 nitrogen and oxygen atoms in total. The van der Waals surface area contributed by atoms with E-state index in [1.54, 1.807) is 30.3 Å². The van der Waals surface area contributed by atoms with Gasteiger partial charge in [-0.15, -0.1) is 0 Å². The Morgan fingerprint density at radius 3 is 2.13 bits per heavy atom. The standard InChI is InChI=1S/C18H24N4O7S/c19-11(7-15(24)25)16(26)22-12(6-10-4-2-1-3-5-10)17(27)20-8-14(23)21-13(9-30)18(28)29/h1-5,11-13,30H,6-9,19H2,(H,20,27)(H,21,23)(H,22,26)(H,24,25)(H,28,29). The van der Waals surface area contributed by atoms with Gasteiger partial charge in [-0.05, 0) is 5.56 Å². The van der Waals surface area contributed by atoms with Gasteiger partial charge in [0.05, 0.1) is 19.0 Å². The normalized spacial score (nSPS) is 13.4. The van der Waals surface area contributed by atoms with Crippen LogP contribution in [0, 0.1) is 0 Å². The number of thiol groups is 1. The molecule has 3 amide bonds. The van der Waals surface area contributed by atoms with Crippen molar-refractivity contribution in [2.24, 2.45) is 5.73 Å². The highest BCUT2D eigenvalue weighted by atomic mass is 32.1. The summed E-state index contributed by atoms with van der Waals surface area (Å²) in [7, 11) is 0. The summed E-state index contributed by atoms with van der Waals surface area (Å²) in [6.45, 7) is -0.529. The van der Waals surface area contributed by atoms with Gasteiger partial charge in [-0.25, -0.2) is 4.79 Å². The van der Waals surface area contributed by atoms with Gasteiger partial charge in [0.2, 0.25) is 17.7 Å². The van der Waals surface area contributed by atoms with Crippen LogP contribution in [-0.2, 0) is 30.4 Å². The van der Waals surface area contributed by atoms with Crippen molar-refractivity contribution in [2.75, 3.05) is 12.3 Å². The number of amides is 3. The average Bonchev–Trinajstić information content (AvgIpc) is 2.69. The van der Waals surface area contributed by atoms with Gasteiger partial charge >= 0.3 is 11.9 Å². The van der Waals surface area contributed by atoms with Gasteiger partial charge in [-0.1, -0.05) is 30.3 Å². The number of carbonyl (C=O) groups is 5. The van der Waals surface area contributed by atoms with Crippen LogP contribution in [-0.4, -0.2) is 70.3 Å². The van der Waals surface area contributed by atoms with E-state index in [0.29, 0.717) is 5.56 Å². The minimum Gasteiger partial charge on any atom is -0.481 e. The Hall–Kier alpha value is -3.12. The topological polar surface area (TPSA) is 188 Å². The summed E-state index contributed by atoms with van der Waals surface area (Å²) < 4.78 is 0. The molecule has 0 aromatic heterocycles. The molecule has 1 rings (SSSR count). The second kappa shape index (κ2) is 12.4. The highest BCUT2D eigenvalue weighted by Crippen LogP contribution is 2.04. The second-order valence-corrected chi connectivity index (χ2v) is 6.68. The quantitative estimate of drug-likeness (QED) is 0.184. The zero-order valence-electron chi connectivity index (χ0n) is 15.9. The summed E-state index contributed by atoms with van der Waals surface area (Å²) >= 11 is 3.82. The molecule has 0 bridgehead atoms. The van der Waals surface area contributed by atoms with Crippen molar-refractivity contribution >= 4 is 42.3 Å². The molecule has 1 aromatic rings. The van der Waals surface area contributed by atoms with Gasteiger partial charge in [0.25, 0.3) is 0 Å². The fourth-order valence-corrected chi connectivity index (χ4v) is 2.59. The van der Waals surface area contributed by atoms with Gasteiger partial charge < -0.3 is 31.9 Å². The molecule has 7 N–H and O–H groups in total. The molecular formula is C18H24N4O7S. The number of hydrogen-bond acceptors (Lipinski definition) is 7. The summed E-state index contributed by atoms with van der Waals surface area (Å²) in [4.78, 5) is 58.2. The largest absolute Gasteiger partial charge is 0.481 e. The number of carboxylic acid groups (broad SMARTS) is 2. The number of rotatable bonds is 12. The van der Waals surface area contributed by atoms with Gasteiger partial charge in [-0.2, -0.15) is 12.6 Å². The number of carboxylic acids is 2. The van der Waals surface area contributed by atoms with Crippen molar-refractivity contribution in [3.63, 3.8) is 0 Å². The van der Waals surface area contributed by atoms with Crippen molar-refractivity contribution < 1.29 is 34.2 Å². The fraction of sp³-hybridized carbons (Fsp3) is 0.389. The molecule has 0 fully saturated rings.